The molecule has 19 heavy (non-hydrogen) atoms. The summed E-state index contributed by atoms with van der Waals surface area (Å²) in [5.41, 5.74) is 0.485. The Hall–Kier alpha value is -2.22. The van der Waals surface area contributed by atoms with Crippen molar-refractivity contribution in [2.75, 3.05) is 26.8 Å². The molecule has 0 aliphatic carbocycles. The van der Waals surface area contributed by atoms with Gasteiger partial charge in [0.25, 0.3) is 5.91 Å². The van der Waals surface area contributed by atoms with Crippen molar-refractivity contribution >= 4 is 5.91 Å². The van der Waals surface area contributed by atoms with Gasteiger partial charge < -0.3 is 14.4 Å². The summed E-state index contributed by atoms with van der Waals surface area (Å²) in [6.45, 7) is 5.11. The van der Waals surface area contributed by atoms with Crippen LogP contribution in [0.3, 0.4) is 0 Å². The molecule has 0 atom stereocenters. The van der Waals surface area contributed by atoms with Crippen LogP contribution in [0, 0.1) is 11.3 Å². The molecule has 0 bridgehead atoms. The van der Waals surface area contributed by atoms with E-state index in [1.54, 1.807) is 23.1 Å². The van der Waals surface area contributed by atoms with Gasteiger partial charge in [0.05, 0.1) is 18.7 Å². The molecule has 0 fully saturated rings. The Kier molecular flexibility index (Phi) is 5.68. The first-order chi connectivity index (χ1) is 9.15. The van der Waals surface area contributed by atoms with Gasteiger partial charge in [0.1, 0.15) is 0 Å². The van der Waals surface area contributed by atoms with E-state index >= 15 is 0 Å². The number of nitriles is 1. The Morgan fingerprint density at radius 1 is 1.32 bits per heavy atom. The lowest BCUT2D eigenvalue weighted by atomic mass is 10.2. The minimum absolute atomic E-state index is 0.0378. The second-order valence-electron chi connectivity index (χ2n) is 3.83. The third kappa shape index (κ3) is 3.88. The number of hydrogen-bond donors (Lipinski definition) is 0. The maximum atomic E-state index is 11.8. The number of benzene rings is 1. The number of ether oxygens (including phenoxy) is 2. The van der Waals surface area contributed by atoms with Gasteiger partial charge in [-0.15, -0.1) is 0 Å². The first-order valence-corrected chi connectivity index (χ1v) is 6.14. The zero-order valence-electron chi connectivity index (χ0n) is 11.5. The Morgan fingerprint density at radius 3 is 2.53 bits per heavy atom. The van der Waals surface area contributed by atoms with Gasteiger partial charge in [0.2, 0.25) is 0 Å². The van der Waals surface area contributed by atoms with Crippen LogP contribution >= 0.6 is 0 Å². The summed E-state index contributed by atoms with van der Waals surface area (Å²) in [7, 11) is 1.50. The van der Waals surface area contributed by atoms with Crippen LogP contribution < -0.4 is 9.47 Å². The van der Waals surface area contributed by atoms with Gasteiger partial charge in [0, 0.05) is 19.2 Å². The molecular weight excluding hydrogens is 244 g/mol. The molecule has 1 aromatic rings. The van der Waals surface area contributed by atoms with Crippen molar-refractivity contribution in [1.82, 2.24) is 4.90 Å². The molecule has 1 aromatic carbocycles. The van der Waals surface area contributed by atoms with Crippen molar-refractivity contribution in [3.63, 3.8) is 0 Å². The molecular formula is C14H18N2O3. The van der Waals surface area contributed by atoms with Crippen molar-refractivity contribution in [3.05, 3.63) is 23.8 Å². The van der Waals surface area contributed by atoms with Gasteiger partial charge in [-0.2, -0.15) is 5.26 Å². The zero-order chi connectivity index (χ0) is 14.3. The standard InChI is InChI=1S/C14H18N2O3/c1-4-16(5-2)14(17)10-19-12-7-6-11(9-15)8-13(12)18-3/h6-8H,4-5,10H2,1-3H3. The zero-order valence-corrected chi connectivity index (χ0v) is 11.5. The minimum atomic E-state index is -0.0728. The van der Waals surface area contributed by atoms with Crippen LogP contribution in [0.5, 0.6) is 11.5 Å². The molecule has 5 heteroatoms. The predicted octanol–water partition coefficient (Wildman–Crippen LogP) is 1.81. The summed E-state index contributed by atoms with van der Waals surface area (Å²) in [6.07, 6.45) is 0. The number of amides is 1. The van der Waals surface area contributed by atoms with E-state index in [9.17, 15) is 4.79 Å². The van der Waals surface area contributed by atoms with E-state index in [0.717, 1.165) is 0 Å². The average Bonchev–Trinajstić information content (AvgIpc) is 2.46. The highest BCUT2D eigenvalue weighted by Gasteiger charge is 2.12. The number of hydrogen-bond acceptors (Lipinski definition) is 4. The molecule has 0 aliphatic heterocycles. The highest BCUT2D eigenvalue weighted by Crippen LogP contribution is 2.27. The third-order valence-electron chi connectivity index (χ3n) is 2.76. The number of nitrogens with zero attached hydrogens (tertiary/aromatic N) is 2. The molecule has 0 heterocycles. The van der Waals surface area contributed by atoms with Crippen molar-refractivity contribution in [1.29, 1.82) is 5.26 Å². The van der Waals surface area contributed by atoms with Crippen LogP contribution in [0.1, 0.15) is 19.4 Å². The van der Waals surface area contributed by atoms with E-state index < -0.39 is 0 Å². The number of methoxy groups -OCH3 is 1. The molecule has 0 aromatic heterocycles. The molecule has 0 unspecified atom stereocenters. The SMILES string of the molecule is CCN(CC)C(=O)COc1ccc(C#N)cc1OC. The molecule has 0 N–H and O–H groups in total. The quantitative estimate of drug-likeness (QED) is 0.784. The van der Waals surface area contributed by atoms with Crippen molar-refractivity contribution in [2.45, 2.75) is 13.8 Å². The Morgan fingerprint density at radius 2 is 2.00 bits per heavy atom. The summed E-state index contributed by atoms with van der Waals surface area (Å²) < 4.78 is 10.6. The van der Waals surface area contributed by atoms with Crippen LogP contribution in [0.4, 0.5) is 0 Å². The number of carbonyl (C=O) groups is 1. The first kappa shape index (κ1) is 14.8. The molecule has 0 spiro atoms. The highest BCUT2D eigenvalue weighted by atomic mass is 16.5. The van der Waals surface area contributed by atoms with E-state index in [0.29, 0.717) is 30.2 Å². The highest BCUT2D eigenvalue weighted by molar-refractivity contribution is 5.77. The van der Waals surface area contributed by atoms with Crippen LogP contribution in [-0.4, -0.2) is 37.6 Å². The van der Waals surface area contributed by atoms with Crippen molar-refractivity contribution in [2.24, 2.45) is 0 Å². The number of likely N-dealkylation sites (N-methyl/N-ethyl adjacent to an activating group) is 1. The Bertz CT molecular complexity index is 476. The van der Waals surface area contributed by atoms with Gasteiger partial charge in [-0.3, -0.25) is 4.79 Å². The van der Waals surface area contributed by atoms with E-state index in [1.165, 1.54) is 7.11 Å². The molecule has 0 aliphatic rings. The second-order valence-corrected chi connectivity index (χ2v) is 3.83. The molecule has 1 amide bonds. The predicted molar refractivity (Wildman–Crippen MR) is 71.1 cm³/mol. The van der Waals surface area contributed by atoms with E-state index in [-0.39, 0.29) is 12.5 Å². The molecule has 102 valence electrons. The van der Waals surface area contributed by atoms with E-state index in [2.05, 4.69) is 0 Å². The topological polar surface area (TPSA) is 62.6 Å². The van der Waals surface area contributed by atoms with Gasteiger partial charge >= 0.3 is 0 Å². The Labute approximate surface area is 113 Å². The molecule has 0 radical (unpaired) electrons. The van der Waals surface area contributed by atoms with E-state index in [1.807, 2.05) is 19.9 Å². The summed E-state index contributed by atoms with van der Waals surface area (Å²) in [4.78, 5) is 13.5. The average molecular weight is 262 g/mol. The maximum absolute atomic E-state index is 11.8. The van der Waals surface area contributed by atoms with Crippen LogP contribution in [0.15, 0.2) is 18.2 Å². The third-order valence-corrected chi connectivity index (χ3v) is 2.76. The van der Waals surface area contributed by atoms with Gasteiger partial charge in [0.15, 0.2) is 18.1 Å². The summed E-state index contributed by atoms with van der Waals surface area (Å²) >= 11 is 0. The van der Waals surface area contributed by atoms with Gasteiger partial charge in [-0.1, -0.05) is 0 Å². The first-order valence-electron chi connectivity index (χ1n) is 6.14. The molecule has 0 saturated carbocycles. The smallest absolute Gasteiger partial charge is 0.260 e. The van der Waals surface area contributed by atoms with Crippen molar-refractivity contribution in [3.8, 4) is 17.6 Å². The Balaban J connectivity index is 2.73. The lowest BCUT2D eigenvalue weighted by Crippen LogP contribution is -2.34. The fourth-order valence-electron chi connectivity index (χ4n) is 1.66. The molecule has 5 nitrogen and oxygen atoms in total. The summed E-state index contributed by atoms with van der Waals surface area (Å²) in [5.74, 6) is 0.838. The van der Waals surface area contributed by atoms with E-state index in [4.69, 9.17) is 14.7 Å². The van der Waals surface area contributed by atoms with Gasteiger partial charge in [-0.05, 0) is 26.0 Å². The molecule has 1 rings (SSSR count). The second kappa shape index (κ2) is 7.27. The van der Waals surface area contributed by atoms with Crippen LogP contribution in [0.25, 0.3) is 0 Å². The van der Waals surface area contributed by atoms with Crippen LogP contribution in [-0.2, 0) is 4.79 Å². The fourth-order valence-corrected chi connectivity index (χ4v) is 1.66. The lowest BCUT2D eigenvalue weighted by molar-refractivity contribution is -0.132. The van der Waals surface area contributed by atoms with Crippen molar-refractivity contribution < 1.29 is 14.3 Å². The minimum Gasteiger partial charge on any atom is -0.493 e. The normalized spacial score (nSPS) is 9.58. The molecule has 0 saturated heterocycles. The summed E-state index contributed by atoms with van der Waals surface area (Å²) in [5, 5.41) is 8.80. The van der Waals surface area contributed by atoms with Gasteiger partial charge in [-0.25, -0.2) is 0 Å². The lowest BCUT2D eigenvalue weighted by Gasteiger charge is -2.19. The number of rotatable bonds is 6. The summed E-state index contributed by atoms with van der Waals surface area (Å²) in [6, 6.07) is 6.86. The monoisotopic (exact) mass is 262 g/mol. The number of carbonyl (C=O) groups excluding carboxylic acids is 1. The van der Waals surface area contributed by atoms with Crippen LogP contribution in [0.2, 0.25) is 0 Å². The largest absolute Gasteiger partial charge is 0.493 e. The fraction of sp³-hybridized carbons (Fsp3) is 0.429. The maximum Gasteiger partial charge on any atom is 0.260 e.